The number of halogens is 2. The fraction of sp³-hybridized carbons (Fsp3) is 0.429. The molecule has 1 saturated heterocycles. The third-order valence-electron chi connectivity index (χ3n) is 4.99. The average Bonchev–Trinajstić information content (AvgIpc) is 3.15. The number of hydrogen-bond acceptors (Lipinski definition) is 5. The standard InChI is InChI=1S/C21H25F2NO4/c1-25-15-7-8-16(19(12-15)26-2)17-5-4-10-24(17)13-14-6-9-18(28-21(22)23)20(11-14)27-3/h6-9,11-12,17,21H,4-5,10,13H2,1-3H3/t17-/m0/s1. The molecule has 0 aromatic heterocycles. The smallest absolute Gasteiger partial charge is 0.387 e. The highest BCUT2D eigenvalue weighted by Crippen LogP contribution is 2.40. The number of nitrogens with zero attached hydrogens (tertiary/aromatic N) is 1. The summed E-state index contributed by atoms with van der Waals surface area (Å²) in [5, 5.41) is 0. The van der Waals surface area contributed by atoms with Gasteiger partial charge in [-0.2, -0.15) is 8.78 Å². The second-order valence-electron chi connectivity index (χ2n) is 6.60. The molecule has 28 heavy (non-hydrogen) atoms. The first kappa shape index (κ1) is 20.2. The van der Waals surface area contributed by atoms with E-state index in [1.807, 2.05) is 18.2 Å². The molecule has 7 heteroatoms. The molecule has 1 atom stereocenters. The zero-order valence-electron chi connectivity index (χ0n) is 16.3. The van der Waals surface area contributed by atoms with Crippen LogP contribution in [-0.2, 0) is 6.54 Å². The van der Waals surface area contributed by atoms with Crippen LogP contribution in [0.2, 0.25) is 0 Å². The Morgan fingerprint density at radius 3 is 2.43 bits per heavy atom. The molecule has 0 spiro atoms. The van der Waals surface area contributed by atoms with Crippen LogP contribution in [0.1, 0.15) is 30.0 Å². The molecule has 1 heterocycles. The molecular weight excluding hydrogens is 368 g/mol. The number of methoxy groups -OCH3 is 3. The number of hydrogen-bond donors (Lipinski definition) is 0. The monoisotopic (exact) mass is 393 g/mol. The Morgan fingerprint density at radius 1 is 0.964 bits per heavy atom. The lowest BCUT2D eigenvalue weighted by Gasteiger charge is -2.26. The quantitative estimate of drug-likeness (QED) is 0.653. The summed E-state index contributed by atoms with van der Waals surface area (Å²) in [6.07, 6.45) is 2.09. The van der Waals surface area contributed by atoms with Gasteiger partial charge in [0.25, 0.3) is 0 Å². The summed E-state index contributed by atoms with van der Waals surface area (Å²) >= 11 is 0. The van der Waals surface area contributed by atoms with Crippen molar-refractivity contribution in [1.82, 2.24) is 4.90 Å². The van der Waals surface area contributed by atoms with Gasteiger partial charge in [-0.05, 0) is 43.1 Å². The van der Waals surface area contributed by atoms with E-state index in [2.05, 4.69) is 9.64 Å². The van der Waals surface area contributed by atoms with Crippen molar-refractivity contribution in [3.63, 3.8) is 0 Å². The number of likely N-dealkylation sites (tertiary alicyclic amines) is 1. The van der Waals surface area contributed by atoms with Gasteiger partial charge in [0.05, 0.1) is 21.3 Å². The summed E-state index contributed by atoms with van der Waals surface area (Å²) in [5.41, 5.74) is 2.09. The van der Waals surface area contributed by atoms with Crippen LogP contribution in [0, 0.1) is 0 Å². The molecule has 0 N–H and O–H groups in total. The molecule has 1 aliphatic heterocycles. The minimum atomic E-state index is -2.88. The lowest BCUT2D eigenvalue weighted by Crippen LogP contribution is -2.23. The highest BCUT2D eigenvalue weighted by molar-refractivity contribution is 5.44. The Labute approximate surface area is 163 Å². The fourth-order valence-corrected chi connectivity index (χ4v) is 3.70. The van der Waals surface area contributed by atoms with Crippen LogP contribution in [0.3, 0.4) is 0 Å². The van der Waals surface area contributed by atoms with Gasteiger partial charge in [-0.1, -0.05) is 12.1 Å². The second-order valence-corrected chi connectivity index (χ2v) is 6.60. The van der Waals surface area contributed by atoms with Crippen LogP contribution in [0.15, 0.2) is 36.4 Å². The van der Waals surface area contributed by atoms with Gasteiger partial charge < -0.3 is 18.9 Å². The van der Waals surface area contributed by atoms with Gasteiger partial charge in [-0.25, -0.2) is 0 Å². The number of benzene rings is 2. The molecule has 5 nitrogen and oxygen atoms in total. The van der Waals surface area contributed by atoms with Gasteiger partial charge >= 0.3 is 6.61 Å². The number of rotatable bonds is 8. The molecule has 1 fully saturated rings. The van der Waals surface area contributed by atoms with Crippen molar-refractivity contribution >= 4 is 0 Å². The minimum Gasteiger partial charge on any atom is -0.497 e. The first-order valence-electron chi connectivity index (χ1n) is 9.13. The fourth-order valence-electron chi connectivity index (χ4n) is 3.70. The zero-order chi connectivity index (χ0) is 20.1. The van der Waals surface area contributed by atoms with E-state index < -0.39 is 6.61 Å². The van der Waals surface area contributed by atoms with E-state index in [-0.39, 0.29) is 11.8 Å². The van der Waals surface area contributed by atoms with E-state index in [1.54, 1.807) is 26.4 Å². The highest BCUT2D eigenvalue weighted by Gasteiger charge is 2.28. The van der Waals surface area contributed by atoms with Crippen LogP contribution >= 0.6 is 0 Å². The largest absolute Gasteiger partial charge is 0.497 e. The van der Waals surface area contributed by atoms with Gasteiger partial charge in [0.2, 0.25) is 0 Å². The van der Waals surface area contributed by atoms with Gasteiger partial charge in [0.15, 0.2) is 11.5 Å². The van der Waals surface area contributed by atoms with Crippen molar-refractivity contribution in [2.75, 3.05) is 27.9 Å². The molecule has 0 saturated carbocycles. The molecular formula is C21H25F2NO4. The Kier molecular flexibility index (Phi) is 6.57. The average molecular weight is 393 g/mol. The van der Waals surface area contributed by atoms with Crippen LogP contribution in [0.5, 0.6) is 23.0 Å². The third kappa shape index (κ3) is 4.47. The zero-order valence-corrected chi connectivity index (χ0v) is 16.3. The van der Waals surface area contributed by atoms with Crippen LogP contribution in [0.25, 0.3) is 0 Å². The normalized spacial score (nSPS) is 17.0. The first-order chi connectivity index (χ1) is 13.5. The van der Waals surface area contributed by atoms with Gasteiger partial charge in [-0.15, -0.1) is 0 Å². The van der Waals surface area contributed by atoms with E-state index >= 15 is 0 Å². The highest BCUT2D eigenvalue weighted by atomic mass is 19.3. The molecule has 2 aromatic carbocycles. The second kappa shape index (κ2) is 9.10. The summed E-state index contributed by atoms with van der Waals surface area (Å²) < 4.78 is 45.6. The van der Waals surface area contributed by atoms with Crippen molar-refractivity contribution in [1.29, 1.82) is 0 Å². The van der Waals surface area contributed by atoms with Crippen LogP contribution < -0.4 is 18.9 Å². The summed E-state index contributed by atoms with van der Waals surface area (Å²) in [6, 6.07) is 11.2. The molecule has 152 valence electrons. The number of alkyl halides is 2. The maximum atomic E-state index is 12.5. The van der Waals surface area contributed by atoms with Crippen molar-refractivity contribution in [3.05, 3.63) is 47.5 Å². The van der Waals surface area contributed by atoms with Crippen molar-refractivity contribution in [2.24, 2.45) is 0 Å². The summed E-state index contributed by atoms with van der Waals surface area (Å²) in [6.45, 7) is -1.27. The lowest BCUT2D eigenvalue weighted by atomic mass is 10.0. The van der Waals surface area contributed by atoms with E-state index in [1.165, 1.54) is 13.2 Å². The Bertz CT molecular complexity index is 800. The van der Waals surface area contributed by atoms with Crippen LogP contribution in [0.4, 0.5) is 8.78 Å². The maximum Gasteiger partial charge on any atom is 0.387 e. The van der Waals surface area contributed by atoms with Crippen molar-refractivity contribution in [3.8, 4) is 23.0 Å². The van der Waals surface area contributed by atoms with Gasteiger partial charge in [-0.3, -0.25) is 4.90 Å². The van der Waals surface area contributed by atoms with Crippen molar-refractivity contribution < 1.29 is 27.7 Å². The molecule has 0 unspecified atom stereocenters. The predicted octanol–water partition coefficient (Wildman–Crippen LogP) is 4.65. The summed E-state index contributed by atoms with van der Waals surface area (Å²) in [7, 11) is 4.73. The van der Waals surface area contributed by atoms with E-state index in [0.717, 1.165) is 42.0 Å². The summed E-state index contributed by atoms with van der Waals surface area (Å²) in [4.78, 5) is 2.35. The topological polar surface area (TPSA) is 40.2 Å². The molecule has 0 aliphatic carbocycles. The molecule has 2 aromatic rings. The van der Waals surface area contributed by atoms with E-state index in [9.17, 15) is 8.78 Å². The molecule has 1 aliphatic rings. The predicted molar refractivity (Wildman–Crippen MR) is 102 cm³/mol. The lowest BCUT2D eigenvalue weighted by molar-refractivity contribution is -0.0512. The van der Waals surface area contributed by atoms with E-state index in [4.69, 9.17) is 14.2 Å². The molecule has 0 bridgehead atoms. The summed E-state index contributed by atoms with van der Waals surface area (Å²) in [5.74, 6) is 1.89. The molecule has 0 radical (unpaired) electrons. The maximum absolute atomic E-state index is 12.5. The first-order valence-corrected chi connectivity index (χ1v) is 9.13. The number of ether oxygens (including phenoxy) is 4. The van der Waals surface area contributed by atoms with Gasteiger partial charge in [0, 0.05) is 24.2 Å². The third-order valence-corrected chi connectivity index (χ3v) is 4.99. The Balaban J connectivity index is 1.81. The molecule has 3 rings (SSSR count). The van der Waals surface area contributed by atoms with E-state index in [0.29, 0.717) is 12.3 Å². The minimum absolute atomic E-state index is 0.0380. The molecule has 0 amide bonds. The van der Waals surface area contributed by atoms with Crippen molar-refractivity contribution in [2.45, 2.75) is 32.0 Å². The Hall–Kier alpha value is -2.54. The van der Waals surface area contributed by atoms with Gasteiger partial charge in [0.1, 0.15) is 11.5 Å². The Morgan fingerprint density at radius 2 is 1.75 bits per heavy atom. The van der Waals surface area contributed by atoms with Crippen LogP contribution in [-0.4, -0.2) is 39.4 Å². The SMILES string of the molecule is COc1ccc([C@@H]2CCCN2Cc2ccc(OC(F)F)c(OC)c2)c(OC)c1.